The molecule has 5 heteroatoms. The highest BCUT2D eigenvalue weighted by Crippen LogP contribution is 2.16. The van der Waals surface area contributed by atoms with E-state index in [4.69, 9.17) is 0 Å². The Labute approximate surface area is 110 Å². The van der Waals surface area contributed by atoms with E-state index in [1.165, 1.54) is 17.5 Å². The minimum absolute atomic E-state index is 0.196. The topological polar surface area (TPSA) is 49.4 Å². The molecule has 0 bridgehead atoms. The first-order valence-electron chi connectivity index (χ1n) is 6.05. The smallest absolute Gasteiger partial charge is 0.148 e. The van der Waals surface area contributed by atoms with Gasteiger partial charge in [0.05, 0.1) is 5.75 Å². The SMILES string of the molecule is Cc1ccccc1N(C)CCNCCS(C)(=O)=O. The average molecular weight is 270 g/mol. The molecule has 0 amide bonds. The number of benzene rings is 1. The molecule has 0 aliphatic heterocycles. The molecule has 0 aliphatic rings. The Balaban J connectivity index is 2.30. The summed E-state index contributed by atoms with van der Waals surface area (Å²) in [4.78, 5) is 2.17. The number of aryl methyl sites for hydroxylation is 1. The maximum Gasteiger partial charge on any atom is 0.148 e. The molecule has 18 heavy (non-hydrogen) atoms. The van der Waals surface area contributed by atoms with Crippen LogP contribution >= 0.6 is 0 Å². The van der Waals surface area contributed by atoms with E-state index in [1.54, 1.807) is 0 Å². The van der Waals surface area contributed by atoms with Gasteiger partial charge in [0.1, 0.15) is 9.84 Å². The third kappa shape index (κ3) is 5.51. The monoisotopic (exact) mass is 270 g/mol. The van der Waals surface area contributed by atoms with Gasteiger partial charge in [0.25, 0.3) is 0 Å². The van der Waals surface area contributed by atoms with Crippen LogP contribution in [0.4, 0.5) is 5.69 Å². The van der Waals surface area contributed by atoms with Gasteiger partial charge in [-0.2, -0.15) is 0 Å². The van der Waals surface area contributed by atoms with Gasteiger partial charge in [0, 0.05) is 38.6 Å². The van der Waals surface area contributed by atoms with Crippen LogP contribution in [-0.2, 0) is 9.84 Å². The van der Waals surface area contributed by atoms with Gasteiger partial charge in [-0.1, -0.05) is 18.2 Å². The third-order valence-corrected chi connectivity index (χ3v) is 3.75. The first-order chi connectivity index (χ1) is 8.40. The number of hydrogen-bond acceptors (Lipinski definition) is 4. The zero-order valence-corrected chi connectivity index (χ0v) is 12.1. The van der Waals surface area contributed by atoms with E-state index < -0.39 is 9.84 Å². The second kappa shape index (κ2) is 6.75. The molecular formula is C13H22N2O2S. The van der Waals surface area contributed by atoms with E-state index in [-0.39, 0.29) is 5.75 Å². The number of likely N-dealkylation sites (N-methyl/N-ethyl adjacent to an activating group) is 1. The zero-order valence-electron chi connectivity index (χ0n) is 11.3. The van der Waals surface area contributed by atoms with E-state index in [9.17, 15) is 8.42 Å². The van der Waals surface area contributed by atoms with Gasteiger partial charge >= 0.3 is 0 Å². The highest BCUT2D eigenvalue weighted by atomic mass is 32.2. The maximum atomic E-state index is 10.9. The normalized spacial score (nSPS) is 11.5. The molecule has 0 heterocycles. The van der Waals surface area contributed by atoms with Crippen LogP contribution in [0.2, 0.25) is 0 Å². The van der Waals surface area contributed by atoms with Crippen LogP contribution in [0.1, 0.15) is 5.56 Å². The molecule has 1 rings (SSSR count). The maximum absolute atomic E-state index is 10.9. The van der Waals surface area contributed by atoms with E-state index in [0.717, 1.165) is 13.1 Å². The lowest BCUT2D eigenvalue weighted by Gasteiger charge is -2.21. The summed E-state index contributed by atoms with van der Waals surface area (Å²) in [5.41, 5.74) is 2.46. The molecule has 0 fully saturated rings. The van der Waals surface area contributed by atoms with Crippen molar-refractivity contribution in [2.75, 3.05) is 43.6 Å². The van der Waals surface area contributed by atoms with E-state index in [0.29, 0.717) is 6.54 Å². The van der Waals surface area contributed by atoms with Crippen molar-refractivity contribution < 1.29 is 8.42 Å². The number of sulfone groups is 1. The summed E-state index contributed by atoms with van der Waals surface area (Å²) in [6.07, 6.45) is 1.26. The van der Waals surface area contributed by atoms with Gasteiger partial charge in [0.2, 0.25) is 0 Å². The Morgan fingerprint density at radius 3 is 2.50 bits per heavy atom. The van der Waals surface area contributed by atoms with Crippen molar-refractivity contribution in [3.05, 3.63) is 29.8 Å². The fourth-order valence-electron chi connectivity index (χ4n) is 1.74. The molecule has 1 aromatic rings. The Bertz CT molecular complexity index is 472. The number of nitrogens with one attached hydrogen (secondary N) is 1. The lowest BCUT2D eigenvalue weighted by atomic mass is 10.2. The minimum atomic E-state index is -2.86. The van der Waals surface area contributed by atoms with Gasteiger partial charge in [-0.05, 0) is 18.6 Å². The first kappa shape index (κ1) is 15.0. The molecule has 0 saturated carbocycles. The molecule has 1 aromatic carbocycles. The Hall–Kier alpha value is -1.07. The molecule has 0 atom stereocenters. The molecular weight excluding hydrogens is 248 g/mol. The van der Waals surface area contributed by atoms with E-state index >= 15 is 0 Å². The van der Waals surface area contributed by atoms with Crippen molar-refractivity contribution in [3.8, 4) is 0 Å². The van der Waals surface area contributed by atoms with Crippen LogP contribution in [0.5, 0.6) is 0 Å². The molecule has 0 aliphatic carbocycles. The highest BCUT2D eigenvalue weighted by Gasteiger charge is 2.04. The highest BCUT2D eigenvalue weighted by molar-refractivity contribution is 7.90. The minimum Gasteiger partial charge on any atom is -0.373 e. The summed E-state index contributed by atoms with van der Waals surface area (Å²) in [7, 11) is -0.818. The van der Waals surface area contributed by atoms with Crippen LogP contribution in [0.3, 0.4) is 0 Å². The number of nitrogens with zero attached hydrogens (tertiary/aromatic N) is 1. The van der Waals surface area contributed by atoms with Gasteiger partial charge in [-0.25, -0.2) is 8.42 Å². The molecule has 0 saturated heterocycles. The second-order valence-electron chi connectivity index (χ2n) is 4.59. The lowest BCUT2D eigenvalue weighted by Crippen LogP contribution is -2.32. The summed E-state index contributed by atoms with van der Waals surface area (Å²) >= 11 is 0. The van der Waals surface area contributed by atoms with Crippen molar-refractivity contribution >= 4 is 15.5 Å². The standard InChI is InChI=1S/C13H22N2O2S/c1-12-6-4-5-7-13(12)15(2)10-8-14-9-11-18(3,16)17/h4-7,14H,8-11H2,1-3H3. The fourth-order valence-corrected chi connectivity index (χ4v) is 2.26. The predicted molar refractivity (Wildman–Crippen MR) is 77.0 cm³/mol. The quantitative estimate of drug-likeness (QED) is 0.753. The number of hydrogen-bond donors (Lipinski definition) is 1. The summed E-state index contributed by atoms with van der Waals surface area (Å²) < 4.78 is 21.9. The molecule has 0 radical (unpaired) electrons. The number of para-hydroxylation sites is 1. The Morgan fingerprint density at radius 2 is 1.89 bits per heavy atom. The molecule has 1 N–H and O–H groups in total. The Morgan fingerprint density at radius 1 is 1.22 bits per heavy atom. The molecule has 102 valence electrons. The lowest BCUT2D eigenvalue weighted by molar-refractivity contribution is 0.596. The zero-order chi connectivity index (χ0) is 13.6. The van der Waals surface area contributed by atoms with Gasteiger partial charge in [-0.15, -0.1) is 0 Å². The van der Waals surface area contributed by atoms with Crippen LogP contribution in [0.25, 0.3) is 0 Å². The largest absolute Gasteiger partial charge is 0.373 e. The summed E-state index contributed by atoms with van der Waals surface area (Å²) in [6.45, 7) is 4.23. The molecule has 4 nitrogen and oxygen atoms in total. The average Bonchev–Trinajstić information content (AvgIpc) is 2.27. The number of rotatable bonds is 7. The van der Waals surface area contributed by atoms with Crippen molar-refractivity contribution in [1.29, 1.82) is 0 Å². The third-order valence-electron chi connectivity index (χ3n) is 2.80. The van der Waals surface area contributed by atoms with Crippen LogP contribution in [-0.4, -0.2) is 47.1 Å². The van der Waals surface area contributed by atoms with Crippen LogP contribution < -0.4 is 10.2 Å². The van der Waals surface area contributed by atoms with Gasteiger partial charge < -0.3 is 10.2 Å². The summed E-state index contributed by atoms with van der Waals surface area (Å²) in [6, 6.07) is 8.22. The fraction of sp³-hybridized carbons (Fsp3) is 0.538. The van der Waals surface area contributed by atoms with Crippen molar-refractivity contribution in [3.63, 3.8) is 0 Å². The first-order valence-corrected chi connectivity index (χ1v) is 8.11. The summed E-state index contributed by atoms with van der Waals surface area (Å²) in [5, 5.41) is 3.14. The van der Waals surface area contributed by atoms with Crippen molar-refractivity contribution in [2.24, 2.45) is 0 Å². The molecule has 0 aromatic heterocycles. The summed E-state index contributed by atoms with van der Waals surface area (Å²) in [5.74, 6) is 0.196. The van der Waals surface area contributed by atoms with Crippen LogP contribution in [0, 0.1) is 6.92 Å². The second-order valence-corrected chi connectivity index (χ2v) is 6.85. The van der Waals surface area contributed by atoms with Crippen molar-refractivity contribution in [1.82, 2.24) is 5.32 Å². The number of anilines is 1. The van der Waals surface area contributed by atoms with E-state index in [1.807, 2.05) is 19.2 Å². The van der Waals surface area contributed by atoms with E-state index in [2.05, 4.69) is 29.3 Å². The molecule has 0 unspecified atom stereocenters. The Kier molecular flexibility index (Phi) is 5.62. The van der Waals surface area contributed by atoms with Crippen LogP contribution in [0.15, 0.2) is 24.3 Å². The van der Waals surface area contributed by atoms with Crippen molar-refractivity contribution in [2.45, 2.75) is 6.92 Å². The van der Waals surface area contributed by atoms with Gasteiger partial charge in [0.15, 0.2) is 0 Å². The van der Waals surface area contributed by atoms with Gasteiger partial charge in [-0.3, -0.25) is 0 Å². The predicted octanol–water partition coefficient (Wildman–Crippen LogP) is 1.07. The molecule has 0 spiro atoms.